The van der Waals surface area contributed by atoms with Crippen LogP contribution >= 0.6 is 0 Å². The fourth-order valence-corrected chi connectivity index (χ4v) is 2.76. The molecule has 1 aliphatic rings. The molecule has 134 valence electrons. The molecule has 2 N–H and O–H groups in total. The van der Waals surface area contributed by atoms with E-state index in [-0.39, 0.29) is 29.9 Å². The summed E-state index contributed by atoms with van der Waals surface area (Å²) in [6.45, 7) is 0.925. The molecular weight excluding hydrogens is 329 g/mol. The Labute approximate surface area is 144 Å². The molecule has 0 saturated carbocycles. The summed E-state index contributed by atoms with van der Waals surface area (Å²) < 4.78 is 29.0. The van der Waals surface area contributed by atoms with Crippen molar-refractivity contribution in [2.75, 3.05) is 26.9 Å². The van der Waals surface area contributed by atoms with Gasteiger partial charge in [0.1, 0.15) is 17.7 Å². The van der Waals surface area contributed by atoms with Crippen molar-refractivity contribution in [1.82, 2.24) is 5.32 Å². The van der Waals surface area contributed by atoms with Crippen LogP contribution in [0.3, 0.4) is 0 Å². The monoisotopic (exact) mass is 349 g/mol. The zero-order valence-electron chi connectivity index (χ0n) is 13.8. The predicted molar refractivity (Wildman–Crippen MR) is 87.5 cm³/mol. The molecular formula is C18H20FNO5. The topological polar surface area (TPSA) is 80.9 Å². The summed E-state index contributed by atoms with van der Waals surface area (Å²) in [5.41, 5.74) is 0.680. The highest BCUT2D eigenvalue weighted by Crippen LogP contribution is 2.22. The number of benzene rings is 1. The van der Waals surface area contributed by atoms with Crippen molar-refractivity contribution in [2.24, 2.45) is 5.92 Å². The van der Waals surface area contributed by atoms with E-state index in [4.69, 9.17) is 13.9 Å². The quantitative estimate of drug-likeness (QED) is 0.861. The van der Waals surface area contributed by atoms with Crippen molar-refractivity contribution in [3.8, 4) is 11.3 Å². The molecule has 0 unspecified atom stereocenters. The maximum absolute atomic E-state index is 13.0. The van der Waals surface area contributed by atoms with Crippen LogP contribution < -0.4 is 5.32 Å². The molecule has 0 radical (unpaired) electrons. The van der Waals surface area contributed by atoms with E-state index in [1.165, 1.54) is 19.2 Å². The first kappa shape index (κ1) is 17.6. The van der Waals surface area contributed by atoms with Crippen LogP contribution in [0, 0.1) is 11.7 Å². The number of carbonyl (C=O) groups is 1. The van der Waals surface area contributed by atoms with Gasteiger partial charge in [-0.3, -0.25) is 4.79 Å². The van der Waals surface area contributed by atoms with E-state index in [0.29, 0.717) is 24.5 Å². The summed E-state index contributed by atoms with van der Waals surface area (Å²) in [6.07, 6.45) is -1.10. The minimum atomic E-state index is -0.703. The normalized spacial score (nSPS) is 23.4. The highest BCUT2D eigenvalue weighted by atomic mass is 19.1. The third-order valence-corrected chi connectivity index (χ3v) is 4.26. The zero-order valence-corrected chi connectivity index (χ0v) is 13.8. The molecule has 7 heteroatoms. The third kappa shape index (κ3) is 4.07. The Morgan fingerprint density at radius 2 is 2.04 bits per heavy atom. The van der Waals surface area contributed by atoms with Crippen LogP contribution in [0.1, 0.15) is 10.6 Å². The fourth-order valence-electron chi connectivity index (χ4n) is 2.76. The van der Waals surface area contributed by atoms with E-state index in [9.17, 15) is 14.3 Å². The molecule has 1 aromatic heterocycles. The Balaban J connectivity index is 1.59. The average molecular weight is 349 g/mol. The molecule has 1 amide bonds. The number of hydrogen-bond acceptors (Lipinski definition) is 5. The van der Waals surface area contributed by atoms with Crippen LogP contribution in [0.25, 0.3) is 11.3 Å². The second-order valence-corrected chi connectivity index (χ2v) is 5.94. The minimum absolute atomic E-state index is 0.147. The smallest absolute Gasteiger partial charge is 0.287 e. The first-order valence-corrected chi connectivity index (χ1v) is 8.01. The van der Waals surface area contributed by atoms with Crippen LogP contribution in [0.2, 0.25) is 0 Å². The summed E-state index contributed by atoms with van der Waals surface area (Å²) in [6, 6.07) is 9.02. The number of aliphatic hydroxyl groups is 1. The molecule has 0 aliphatic carbocycles. The number of aliphatic hydroxyl groups excluding tert-OH is 1. The number of rotatable bonds is 5. The maximum atomic E-state index is 13.0. The van der Waals surface area contributed by atoms with Crippen molar-refractivity contribution in [3.05, 3.63) is 48.0 Å². The van der Waals surface area contributed by atoms with E-state index in [2.05, 4.69) is 5.32 Å². The molecule has 1 saturated heterocycles. The van der Waals surface area contributed by atoms with Gasteiger partial charge in [0.05, 0.1) is 19.3 Å². The number of furan rings is 1. The Bertz CT molecular complexity index is 715. The maximum Gasteiger partial charge on any atom is 0.287 e. The molecule has 1 aromatic carbocycles. The van der Waals surface area contributed by atoms with Gasteiger partial charge < -0.3 is 24.3 Å². The van der Waals surface area contributed by atoms with Gasteiger partial charge in [-0.05, 0) is 36.4 Å². The second-order valence-electron chi connectivity index (χ2n) is 5.94. The fraction of sp³-hybridized carbons (Fsp3) is 0.389. The Morgan fingerprint density at radius 3 is 2.76 bits per heavy atom. The average Bonchev–Trinajstić information content (AvgIpc) is 3.11. The molecule has 0 bridgehead atoms. The van der Waals surface area contributed by atoms with E-state index in [0.717, 1.165) is 0 Å². The van der Waals surface area contributed by atoms with Gasteiger partial charge in [0, 0.05) is 25.1 Å². The standard InChI is InChI=1S/C18H20FNO5/c1-23-16-10-24-9-12(17(16)21)8-20-18(22)15-7-6-14(25-15)11-2-4-13(19)5-3-11/h2-7,12,16-17,21H,8-10H2,1H3,(H,20,22)/t12-,16-,17+/m1/s1. The minimum Gasteiger partial charge on any atom is -0.451 e. The van der Waals surface area contributed by atoms with Gasteiger partial charge in [0.15, 0.2) is 5.76 Å². The number of halogens is 1. The number of nitrogens with one attached hydrogen (secondary N) is 1. The van der Waals surface area contributed by atoms with Gasteiger partial charge in [0.2, 0.25) is 0 Å². The molecule has 25 heavy (non-hydrogen) atoms. The lowest BCUT2D eigenvalue weighted by molar-refractivity contribution is -0.132. The molecule has 2 heterocycles. The lowest BCUT2D eigenvalue weighted by Crippen LogP contribution is -2.49. The first-order valence-electron chi connectivity index (χ1n) is 8.01. The molecule has 1 fully saturated rings. The van der Waals surface area contributed by atoms with Crippen molar-refractivity contribution < 1.29 is 28.2 Å². The third-order valence-electron chi connectivity index (χ3n) is 4.26. The van der Waals surface area contributed by atoms with Crippen LogP contribution in [0.4, 0.5) is 4.39 Å². The second kappa shape index (κ2) is 7.77. The highest BCUT2D eigenvalue weighted by Gasteiger charge is 2.33. The van der Waals surface area contributed by atoms with E-state index >= 15 is 0 Å². The lowest BCUT2D eigenvalue weighted by atomic mass is 9.96. The van der Waals surface area contributed by atoms with Crippen molar-refractivity contribution in [3.63, 3.8) is 0 Å². The van der Waals surface area contributed by atoms with Crippen LogP contribution in [0.5, 0.6) is 0 Å². The SMILES string of the molecule is CO[C@@H]1COC[C@@H](CNC(=O)c2ccc(-c3ccc(F)cc3)o2)[C@@H]1O. The van der Waals surface area contributed by atoms with Crippen molar-refractivity contribution in [1.29, 1.82) is 0 Å². The molecule has 3 rings (SSSR count). The van der Waals surface area contributed by atoms with E-state index < -0.39 is 12.2 Å². The van der Waals surface area contributed by atoms with Gasteiger partial charge >= 0.3 is 0 Å². The number of methoxy groups -OCH3 is 1. The summed E-state index contributed by atoms with van der Waals surface area (Å²) in [4.78, 5) is 12.2. The molecule has 2 aromatic rings. The van der Waals surface area contributed by atoms with E-state index in [1.807, 2.05) is 0 Å². The zero-order chi connectivity index (χ0) is 17.8. The van der Waals surface area contributed by atoms with Gasteiger partial charge in [-0.15, -0.1) is 0 Å². The van der Waals surface area contributed by atoms with Gasteiger partial charge in [0.25, 0.3) is 5.91 Å². The largest absolute Gasteiger partial charge is 0.451 e. The Kier molecular flexibility index (Phi) is 5.47. The number of ether oxygens (including phenoxy) is 2. The van der Waals surface area contributed by atoms with Crippen molar-refractivity contribution >= 4 is 5.91 Å². The van der Waals surface area contributed by atoms with Crippen LogP contribution in [0.15, 0.2) is 40.8 Å². The molecule has 1 aliphatic heterocycles. The first-order chi connectivity index (χ1) is 12.1. The number of hydrogen-bond donors (Lipinski definition) is 2. The lowest BCUT2D eigenvalue weighted by Gasteiger charge is -2.33. The molecule has 0 spiro atoms. The summed E-state index contributed by atoms with van der Waals surface area (Å²) in [5, 5.41) is 12.9. The van der Waals surface area contributed by atoms with E-state index in [1.54, 1.807) is 24.3 Å². The Morgan fingerprint density at radius 1 is 1.28 bits per heavy atom. The summed E-state index contributed by atoms with van der Waals surface area (Å²) in [7, 11) is 1.51. The van der Waals surface area contributed by atoms with Gasteiger partial charge in [-0.25, -0.2) is 4.39 Å². The van der Waals surface area contributed by atoms with Crippen molar-refractivity contribution in [2.45, 2.75) is 12.2 Å². The molecule has 6 nitrogen and oxygen atoms in total. The van der Waals surface area contributed by atoms with Gasteiger partial charge in [-0.2, -0.15) is 0 Å². The van der Waals surface area contributed by atoms with Crippen LogP contribution in [-0.4, -0.2) is 50.1 Å². The highest BCUT2D eigenvalue weighted by molar-refractivity contribution is 5.92. The predicted octanol–water partition coefficient (Wildman–Crippen LogP) is 1.84. The van der Waals surface area contributed by atoms with Gasteiger partial charge in [-0.1, -0.05) is 0 Å². The van der Waals surface area contributed by atoms with Crippen LogP contribution in [-0.2, 0) is 9.47 Å². The summed E-state index contributed by atoms with van der Waals surface area (Å²) in [5.74, 6) is -0.357. The number of carbonyl (C=O) groups excluding carboxylic acids is 1. The molecule has 3 atom stereocenters. The number of amides is 1. The Hall–Kier alpha value is -2.22. The summed E-state index contributed by atoms with van der Waals surface area (Å²) >= 11 is 0.